The standard InChI is InChI=1S/C15H14F2N2O2S/c1-10-6-7-11(2)15(8-10)22(20,21)19-18-9-12-13(16)4-3-5-14(12)17/h3-9,19H,1-2H3. The first-order chi connectivity index (χ1) is 10.3. The van der Waals surface area contributed by atoms with Crippen molar-refractivity contribution in [3.05, 3.63) is 64.7 Å². The van der Waals surface area contributed by atoms with Crippen LogP contribution in [0.4, 0.5) is 8.78 Å². The van der Waals surface area contributed by atoms with E-state index in [0.717, 1.165) is 23.9 Å². The second kappa shape index (κ2) is 6.23. The van der Waals surface area contributed by atoms with Gasteiger partial charge in [0.2, 0.25) is 0 Å². The summed E-state index contributed by atoms with van der Waals surface area (Å²) in [6.45, 7) is 3.41. The van der Waals surface area contributed by atoms with Crippen LogP contribution in [0.25, 0.3) is 0 Å². The topological polar surface area (TPSA) is 58.5 Å². The molecule has 4 nitrogen and oxygen atoms in total. The Balaban J connectivity index is 2.27. The van der Waals surface area contributed by atoms with E-state index in [9.17, 15) is 17.2 Å². The van der Waals surface area contributed by atoms with Gasteiger partial charge in [-0.3, -0.25) is 0 Å². The first-order valence-corrected chi connectivity index (χ1v) is 7.86. The molecule has 0 saturated carbocycles. The van der Waals surface area contributed by atoms with Gasteiger partial charge < -0.3 is 0 Å². The van der Waals surface area contributed by atoms with Gasteiger partial charge in [-0.2, -0.15) is 13.5 Å². The Bertz CT molecular complexity index is 813. The van der Waals surface area contributed by atoms with E-state index in [1.165, 1.54) is 12.1 Å². The van der Waals surface area contributed by atoms with Gasteiger partial charge in [-0.15, -0.1) is 0 Å². The quantitative estimate of drug-likeness (QED) is 0.694. The molecular formula is C15H14F2N2O2S. The molecule has 2 aromatic rings. The van der Waals surface area contributed by atoms with Crippen molar-refractivity contribution in [1.82, 2.24) is 4.83 Å². The van der Waals surface area contributed by atoms with Crippen molar-refractivity contribution in [3.8, 4) is 0 Å². The Labute approximate surface area is 127 Å². The van der Waals surface area contributed by atoms with Gasteiger partial charge in [-0.1, -0.05) is 18.2 Å². The number of hydrogen-bond acceptors (Lipinski definition) is 3. The van der Waals surface area contributed by atoms with Gasteiger partial charge in [-0.25, -0.2) is 13.6 Å². The fourth-order valence-corrected chi connectivity index (χ4v) is 2.96. The number of benzene rings is 2. The summed E-state index contributed by atoms with van der Waals surface area (Å²) < 4.78 is 51.1. The van der Waals surface area contributed by atoms with Crippen LogP contribution >= 0.6 is 0 Å². The summed E-state index contributed by atoms with van der Waals surface area (Å²) in [7, 11) is -3.90. The Kier molecular flexibility index (Phi) is 4.56. The number of aryl methyl sites for hydroxylation is 2. The van der Waals surface area contributed by atoms with Crippen molar-refractivity contribution in [2.45, 2.75) is 18.7 Å². The van der Waals surface area contributed by atoms with Crippen LogP contribution in [0.15, 0.2) is 46.4 Å². The van der Waals surface area contributed by atoms with Crippen molar-refractivity contribution in [3.63, 3.8) is 0 Å². The molecule has 0 heterocycles. The highest BCUT2D eigenvalue weighted by Gasteiger charge is 2.16. The van der Waals surface area contributed by atoms with E-state index in [1.807, 2.05) is 4.83 Å². The molecule has 116 valence electrons. The summed E-state index contributed by atoms with van der Waals surface area (Å²) >= 11 is 0. The van der Waals surface area contributed by atoms with Crippen molar-refractivity contribution in [2.75, 3.05) is 0 Å². The van der Waals surface area contributed by atoms with E-state index < -0.39 is 27.2 Å². The van der Waals surface area contributed by atoms with E-state index in [2.05, 4.69) is 5.10 Å². The molecule has 0 amide bonds. The van der Waals surface area contributed by atoms with E-state index >= 15 is 0 Å². The summed E-state index contributed by atoms with van der Waals surface area (Å²) in [5, 5.41) is 3.44. The van der Waals surface area contributed by atoms with E-state index in [4.69, 9.17) is 0 Å². The Hall–Kier alpha value is -2.28. The number of nitrogens with one attached hydrogen (secondary N) is 1. The van der Waals surface area contributed by atoms with Gasteiger partial charge in [0.05, 0.1) is 16.7 Å². The maximum atomic E-state index is 13.4. The molecule has 0 aliphatic heterocycles. The number of sulfonamides is 1. The molecule has 7 heteroatoms. The maximum Gasteiger partial charge on any atom is 0.276 e. The van der Waals surface area contributed by atoms with Crippen LogP contribution in [0, 0.1) is 25.5 Å². The fourth-order valence-electron chi connectivity index (χ4n) is 1.84. The average Bonchev–Trinajstić information content (AvgIpc) is 2.44. The van der Waals surface area contributed by atoms with Gasteiger partial charge in [0, 0.05) is 0 Å². The highest BCUT2D eigenvalue weighted by atomic mass is 32.2. The van der Waals surface area contributed by atoms with Crippen LogP contribution in [0.1, 0.15) is 16.7 Å². The Morgan fingerprint density at radius 3 is 2.36 bits per heavy atom. The van der Waals surface area contributed by atoms with E-state index in [0.29, 0.717) is 5.56 Å². The zero-order chi connectivity index (χ0) is 16.3. The second-order valence-corrected chi connectivity index (χ2v) is 6.39. The predicted molar refractivity (Wildman–Crippen MR) is 80.2 cm³/mol. The highest BCUT2D eigenvalue weighted by molar-refractivity contribution is 7.89. The first kappa shape index (κ1) is 16.1. The number of nitrogens with zero attached hydrogens (tertiary/aromatic N) is 1. The molecule has 1 N–H and O–H groups in total. The summed E-state index contributed by atoms with van der Waals surface area (Å²) in [6, 6.07) is 8.28. The van der Waals surface area contributed by atoms with Crippen LogP contribution in [-0.4, -0.2) is 14.6 Å². The van der Waals surface area contributed by atoms with Gasteiger partial charge in [-0.05, 0) is 43.2 Å². The van der Waals surface area contributed by atoms with Crippen molar-refractivity contribution < 1.29 is 17.2 Å². The minimum atomic E-state index is -3.90. The molecule has 0 fully saturated rings. The van der Waals surface area contributed by atoms with Gasteiger partial charge in [0.25, 0.3) is 10.0 Å². The van der Waals surface area contributed by atoms with Gasteiger partial charge in [0.1, 0.15) is 11.6 Å². The first-order valence-electron chi connectivity index (χ1n) is 6.37. The SMILES string of the molecule is Cc1ccc(C)c(S(=O)(=O)NN=Cc2c(F)cccc2F)c1. The number of hydrogen-bond donors (Lipinski definition) is 1. The zero-order valence-corrected chi connectivity index (χ0v) is 12.8. The fraction of sp³-hybridized carbons (Fsp3) is 0.133. The molecule has 0 unspecified atom stereocenters. The lowest BCUT2D eigenvalue weighted by Crippen LogP contribution is -2.19. The third-order valence-electron chi connectivity index (χ3n) is 3.00. The Morgan fingerprint density at radius 2 is 1.73 bits per heavy atom. The molecule has 22 heavy (non-hydrogen) atoms. The summed E-state index contributed by atoms with van der Waals surface area (Å²) in [5.74, 6) is -1.65. The monoisotopic (exact) mass is 324 g/mol. The molecule has 2 rings (SSSR count). The number of rotatable bonds is 4. The molecule has 0 saturated heterocycles. The van der Waals surface area contributed by atoms with Crippen LogP contribution < -0.4 is 4.83 Å². The smallest absolute Gasteiger partial charge is 0.206 e. The van der Waals surface area contributed by atoms with Crippen molar-refractivity contribution in [2.24, 2.45) is 5.10 Å². The van der Waals surface area contributed by atoms with Gasteiger partial charge >= 0.3 is 0 Å². The van der Waals surface area contributed by atoms with Crippen LogP contribution in [-0.2, 0) is 10.0 Å². The third kappa shape index (κ3) is 3.48. The van der Waals surface area contributed by atoms with Crippen LogP contribution in [0.2, 0.25) is 0 Å². The molecule has 0 atom stereocenters. The molecule has 0 radical (unpaired) electrons. The van der Waals surface area contributed by atoms with Crippen LogP contribution in [0.3, 0.4) is 0 Å². The van der Waals surface area contributed by atoms with Crippen LogP contribution in [0.5, 0.6) is 0 Å². The van der Waals surface area contributed by atoms with E-state index in [-0.39, 0.29) is 4.90 Å². The Morgan fingerprint density at radius 1 is 1.09 bits per heavy atom. The summed E-state index contributed by atoms with van der Waals surface area (Å²) in [4.78, 5) is 2.02. The van der Waals surface area contributed by atoms with Crippen molar-refractivity contribution in [1.29, 1.82) is 0 Å². The third-order valence-corrected chi connectivity index (χ3v) is 4.36. The molecule has 0 aliphatic rings. The molecule has 0 aliphatic carbocycles. The summed E-state index contributed by atoms with van der Waals surface area (Å²) in [5.41, 5.74) is 0.909. The largest absolute Gasteiger partial charge is 0.276 e. The van der Waals surface area contributed by atoms with Crippen molar-refractivity contribution >= 4 is 16.2 Å². The predicted octanol–water partition coefficient (Wildman–Crippen LogP) is 2.89. The maximum absolute atomic E-state index is 13.4. The molecule has 2 aromatic carbocycles. The molecule has 0 bridgehead atoms. The number of hydrazone groups is 1. The van der Waals surface area contributed by atoms with E-state index in [1.54, 1.807) is 26.0 Å². The number of halogens is 2. The highest BCUT2D eigenvalue weighted by Crippen LogP contribution is 2.16. The normalized spacial score (nSPS) is 11.8. The lowest BCUT2D eigenvalue weighted by molar-refractivity contribution is 0.577. The molecule has 0 aromatic heterocycles. The molecule has 0 spiro atoms. The summed E-state index contributed by atoms with van der Waals surface area (Å²) in [6.07, 6.45) is 0.799. The minimum Gasteiger partial charge on any atom is -0.206 e. The average molecular weight is 324 g/mol. The minimum absolute atomic E-state index is 0.0682. The zero-order valence-electron chi connectivity index (χ0n) is 12.0. The molecular weight excluding hydrogens is 310 g/mol. The van der Waals surface area contributed by atoms with Gasteiger partial charge in [0.15, 0.2) is 0 Å². The second-order valence-electron chi connectivity index (χ2n) is 4.76. The lowest BCUT2D eigenvalue weighted by atomic mass is 10.2. The lowest BCUT2D eigenvalue weighted by Gasteiger charge is -2.07.